The molecule has 1 heterocycles. The second-order valence-electron chi connectivity index (χ2n) is 4.40. The average molecular weight is 198 g/mol. The van der Waals surface area contributed by atoms with Crippen LogP contribution in [0.1, 0.15) is 33.1 Å². The first-order valence-corrected chi connectivity index (χ1v) is 5.63. The van der Waals surface area contributed by atoms with E-state index >= 15 is 0 Å². The molecule has 0 spiro atoms. The van der Waals surface area contributed by atoms with Crippen LogP contribution in [0.15, 0.2) is 0 Å². The number of carbonyl (C=O) groups excluding carboxylic acids is 1. The molecule has 1 aliphatic rings. The Hall–Kier alpha value is -0.570. The zero-order chi connectivity index (χ0) is 10.6. The predicted octanol–water partition coefficient (Wildman–Crippen LogP) is 1.24. The SMILES string of the molecule is CCCC(C)CNC1CCN(C)C1=O. The largest absolute Gasteiger partial charge is 0.344 e. The molecular formula is C11H22N2O. The number of carbonyl (C=O) groups is 1. The molecule has 0 saturated carbocycles. The van der Waals surface area contributed by atoms with Gasteiger partial charge in [0.1, 0.15) is 0 Å². The van der Waals surface area contributed by atoms with Gasteiger partial charge in [-0.3, -0.25) is 4.79 Å². The first-order valence-electron chi connectivity index (χ1n) is 5.63. The molecule has 1 fully saturated rings. The Kier molecular flexibility index (Phi) is 4.39. The van der Waals surface area contributed by atoms with Gasteiger partial charge in [0.15, 0.2) is 0 Å². The molecule has 0 aromatic carbocycles. The molecule has 1 saturated heterocycles. The molecule has 0 aromatic heterocycles. The summed E-state index contributed by atoms with van der Waals surface area (Å²) in [6.45, 7) is 6.31. The van der Waals surface area contributed by atoms with Crippen LogP contribution in [-0.2, 0) is 4.79 Å². The van der Waals surface area contributed by atoms with E-state index < -0.39 is 0 Å². The van der Waals surface area contributed by atoms with E-state index in [2.05, 4.69) is 19.2 Å². The molecule has 0 aromatic rings. The topological polar surface area (TPSA) is 32.3 Å². The molecule has 3 nitrogen and oxygen atoms in total. The van der Waals surface area contributed by atoms with Crippen LogP contribution in [0, 0.1) is 5.92 Å². The van der Waals surface area contributed by atoms with E-state index in [1.165, 1.54) is 12.8 Å². The fourth-order valence-electron chi connectivity index (χ4n) is 1.95. The van der Waals surface area contributed by atoms with E-state index in [0.717, 1.165) is 19.5 Å². The highest BCUT2D eigenvalue weighted by molar-refractivity contribution is 5.83. The van der Waals surface area contributed by atoms with Crippen LogP contribution in [-0.4, -0.2) is 37.0 Å². The molecule has 0 aliphatic carbocycles. The zero-order valence-corrected chi connectivity index (χ0v) is 9.55. The van der Waals surface area contributed by atoms with E-state index in [4.69, 9.17) is 0 Å². The minimum atomic E-state index is 0.0827. The van der Waals surface area contributed by atoms with Crippen LogP contribution < -0.4 is 5.32 Å². The van der Waals surface area contributed by atoms with Gasteiger partial charge in [0.2, 0.25) is 5.91 Å². The van der Waals surface area contributed by atoms with E-state index in [-0.39, 0.29) is 11.9 Å². The zero-order valence-electron chi connectivity index (χ0n) is 9.55. The Morgan fingerprint density at radius 1 is 1.64 bits per heavy atom. The second-order valence-corrected chi connectivity index (χ2v) is 4.40. The lowest BCUT2D eigenvalue weighted by atomic mass is 10.1. The number of hydrogen-bond acceptors (Lipinski definition) is 2. The molecule has 14 heavy (non-hydrogen) atoms. The van der Waals surface area contributed by atoms with Crippen molar-refractivity contribution < 1.29 is 4.79 Å². The van der Waals surface area contributed by atoms with Gasteiger partial charge in [0.25, 0.3) is 0 Å². The summed E-state index contributed by atoms with van der Waals surface area (Å²) in [7, 11) is 1.87. The molecule has 3 heteroatoms. The third-order valence-corrected chi connectivity index (χ3v) is 2.92. The minimum absolute atomic E-state index is 0.0827. The predicted molar refractivity (Wildman–Crippen MR) is 58.1 cm³/mol. The van der Waals surface area contributed by atoms with E-state index in [0.29, 0.717) is 5.92 Å². The number of hydrogen-bond donors (Lipinski definition) is 1. The number of nitrogens with one attached hydrogen (secondary N) is 1. The van der Waals surface area contributed by atoms with Crippen LogP contribution in [0.5, 0.6) is 0 Å². The summed E-state index contributed by atoms with van der Waals surface area (Å²) < 4.78 is 0. The van der Waals surface area contributed by atoms with Crippen LogP contribution in [0.2, 0.25) is 0 Å². The van der Waals surface area contributed by atoms with Crippen molar-refractivity contribution in [2.45, 2.75) is 39.2 Å². The van der Waals surface area contributed by atoms with Crippen molar-refractivity contribution in [3.8, 4) is 0 Å². The fourth-order valence-corrected chi connectivity index (χ4v) is 1.95. The maximum absolute atomic E-state index is 11.5. The normalized spacial score (nSPS) is 24.4. The molecule has 2 unspecified atom stereocenters. The third kappa shape index (κ3) is 2.98. The summed E-state index contributed by atoms with van der Waals surface area (Å²) in [5, 5.41) is 3.36. The second kappa shape index (κ2) is 5.35. The minimum Gasteiger partial charge on any atom is -0.344 e. The van der Waals surface area contributed by atoms with Crippen LogP contribution >= 0.6 is 0 Å². The summed E-state index contributed by atoms with van der Waals surface area (Å²) in [5.74, 6) is 0.937. The molecule has 82 valence electrons. The van der Waals surface area contributed by atoms with Crippen molar-refractivity contribution in [2.24, 2.45) is 5.92 Å². The fraction of sp³-hybridized carbons (Fsp3) is 0.909. The first kappa shape index (κ1) is 11.5. The van der Waals surface area contributed by atoms with Crippen molar-refractivity contribution in [3.05, 3.63) is 0 Å². The molecule has 1 aliphatic heterocycles. The quantitative estimate of drug-likeness (QED) is 0.721. The van der Waals surface area contributed by atoms with Gasteiger partial charge < -0.3 is 10.2 Å². The Morgan fingerprint density at radius 2 is 2.36 bits per heavy atom. The highest BCUT2D eigenvalue weighted by Gasteiger charge is 2.28. The van der Waals surface area contributed by atoms with Gasteiger partial charge in [-0.15, -0.1) is 0 Å². The summed E-state index contributed by atoms with van der Waals surface area (Å²) in [5.41, 5.74) is 0. The number of rotatable bonds is 5. The summed E-state index contributed by atoms with van der Waals surface area (Å²) in [4.78, 5) is 13.3. The smallest absolute Gasteiger partial charge is 0.239 e. The molecule has 0 bridgehead atoms. The lowest BCUT2D eigenvalue weighted by Gasteiger charge is -2.15. The van der Waals surface area contributed by atoms with Gasteiger partial charge in [-0.1, -0.05) is 20.3 Å². The van der Waals surface area contributed by atoms with Crippen molar-refractivity contribution >= 4 is 5.91 Å². The maximum atomic E-state index is 11.5. The van der Waals surface area contributed by atoms with Crippen molar-refractivity contribution in [3.63, 3.8) is 0 Å². The summed E-state index contributed by atoms with van der Waals surface area (Å²) >= 11 is 0. The lowest BCUT2D eigenvalue weighted by Crippen LogP contribution is -2.38. The molecule has 0 radical (unpaired) electrons. The Morgan fingerprint density at radius 3 is 2.86 bits per heavy atom. The van der Waals surface area contributed by atoms with Crippen LogP contribution in [0.3, 0.4) is 0 Å². The molecule has 1 amide bonds. The monoisotopic (exact) mass is 198 g/mol. The molecule has 1 N–H and O–H groups in total. The maximum Gasteiger partial charge on any atom is 0.239 e. The van der Waals surface area contributed by atoms with Crippen LogP contribution in [0.25, 0.3) is 0 Å². The number of likely N-dealkylation sites (tertiary alicyclic amines) is 1. The third-order valence-electron chi connectivity index (χ3n) is 2.92. The number of nitrogens with zero attached hydrogens (tertiary/aromatic N) is 1. The van der Waals surface area contributed by atoms with Gasteiger partial charge in [0, 0.05) is 13.6 Å². The lowest BCUT2D eigenvalue weighted by molar-refractivity contribution is -0.128. The van der Waals surface area contributed by atoms with Gasteiger partial charge in [0.05, 0.1) is 6.04 Å². The van der Waals surface area contributed by atoms with Gasteiger partial charge in [-0.25, -0.2) is 0 Å². The van der Waals surface area contributed by atoms with E-state index in [1.54, 1.807) is 0 Å². The standard InChI is InChI=1S/C11H22N2O/c1-4-5-9(2)8-12-10-6-7-13(3)11(10)14/h9-10,12H,4-8H2,1-3H3. The Balaban J connectivity index is 2.22. The average Bonchev–Trinajstić information content (AvgIpc) is 2.46. The summed E-state index contributed by atoms with van der Waals surface area (Å²) in [6.07, 6.45) is 3.43. The number of likely N-dealkylation sites (N-methyl/N-ethyl adjacent to an activating group) is 1. The number of amides is 1. The first-order chi connectivity index (χ1) is 6.65. The Labute approximate surface area is 86.9 Å². The molecule has 2 atom stereocenters. The van der Waals surface area contributed by atoms with Gasteiger partial charge >= 0.3 is 0 Å². The highest BCUT2D eigenvalue weighted by atomic mass is 16.2. The highest BCUT2D eigenvalue weighted by Crippen LogP contribution is 2.10. The Bertz CT molecular complexity index is 194. The van der Waals surface area contributed by atoms with Gasteiger partial charge in [-0.2, -0.15) is 0 Å². The summed E-state index contributed by atoms with van der Waals surface area (Å²) in [6, 6.07) is 0.0827. The van der Waals surface area contributed by atoms with Crippen LogP contribution in [0.4, 0.5) is 0 Å². The van der Waals surface area contributed by atoms with Crippen molar-refractivity contribution in [1.29, 1.82) is 0 Å². The van der Waals surface area contributed by atoms with Crippen molar-refractivity contribution in [2.75, 3.05) is 20.1 Å². The van der Waals surface area contributed by atoms with Gasteiger partial charge in [-0.05, 0) is 25.3 Å². The van der Waals surface area contributed by atoms with E-state index in [9.17, 15) is 4.79 Å². The van der Waals surface area contributed by atoms with Crippen molar-refractivity contribution in [1.82, 2.24) is 10.2 Å². The van der Waals surface area contributed by atoms with E-state index in [1.807, 2.05) is 11.9 Å². The molecule has 1 rings (SSSR count). The molecular weight excluding hydrogens is 176 g/mol.